The molecule has 0 aliphatic carbocycles. The first-order valence-corrected chi connectivity index (χ1v) is 6.39. The van der Waals surface area contributed by atoms with Crippen molar-refractivity contribution in [1.29, 1.82) is 0 Å². The second kappa shape index (κ2) is 5.15. The van der Waals surface area contributed by atoms with Gasteiger partial charge < -0.3 is 10.0 Å². The summed E-state index contributed by atoms with van der Waals surface area (Å²) in [5.41, 5.74) is 0. The molecule has 0 aromatic rings. The molecule has 1 unspecified atom stereocenters. The Balaban J connectivity index is 1.88. The molecule has 2 aliphatic heterocycles. The van der Waals surface area contributed by atoms with Gasteiger partial charge in [-0.05, 0) is 32.6 Å². The van der Waals surface area contributed by atoms with Crippen LogP contribution < -0.4 is 0 Å². The second-order valence-corrected chi connectivity index (χ2v) is 5.00. The highest BCUT2D eigenvalue weighted by atomic mass is 16.3. The van der Waals surface area contributed by atoms with Crippen molar-refractivity contribution in [1.82, 2.24) is 9.80 Å². The highest BCUT2D eigenvalue weighted by Gasteiger charge is 2.31. The molecule has 1 N–H and O–H groups in total. The lowest BCUT2D eigenvalue weighted by atomic mass is 10.1. The van der Waals surface area contributed by atoms with Gasteiger partial charge >= 0.3 is 0 Å². The maximum Gasteiger partial charge on any atom is 0.239 e. The van der Waals surface area contributed by atoms with E-state index in [-0.39, 0.29) is 18.1 Å². The summed E-state index contributed by atoms with van der Waals surface area (Å²) < 4.78 is 0. The van der Waals surface area contributed by atoms with Crippen molar-refractivity contribution >= 4 is 5.91 Å². The Labute approximate surface area is 97.2 Å². The van der Waals surface area contributed by atoms with Crippen LogP contribution in [0.5, 0.6) is 0 Å². The molecule has 2 rings (SSSR count). The molecule has 0 radical (unpaired) electrons. The molecule has 1 amide bonds. The number of aliphatic hydroxyl groups excluding tert-OH is 1. The van der Waals surface area contributed by atoms with Gasteiger partial charge in [0.15, 0.2) is 0 Å². The molecule has 0 aromatic heterocycles. The largest absolute Gasteiger partial charge is 0.392 e. The molecule has 0 bridgehead atoms. The van der Waals surface area contributed by atoms with E-state index < -0.39 is 0 Å². The van der Waals surface area contributed by atoms with Crippen molar-refractivity contribution in [3.63, 3.8) is 0 Å². The van der Waals surface area contributed by atoms with Crippen LogP contribution in [0.2, 0.25) is 0 Å². The zero-order valence-electron chi connectivity index (χ0n) is 10.1. The van der Waals surface area contributed by atoms with Crippen LogP contribution in [0, 0.1) is 0 Å². The maximum atomic E-state index is 12.2. The SMILES string of the molecule is CC(C(=O)N1CCCCC1)N1CC[C@@H](O)C1. The first-order chi connectivity index (χ1) is 7.68. The number of β-amino-alcohol motifs (C(OH)–C–C–N with tert-alkyl or cyclic N) is 1. The molecule has 16 heavy (non-hydrogen) atoms. The van der Waals surface area contributed by atoms with E-state index in [0.29, 0.717) is 6.54 Å². The number of carbonyl (C=O) groups is 1. The van der Waals surface area contributed by atoms with Crippen LogP contribution in [-0.4, -0.2) is 59.1 Å². The zero-order valence-corrected chi connectivity index (χ0v) is 10.1. The fourth-order valence-corrected chi connectivity index (χ4v) is 2.65. The summed E-state index contributed by atoms with van der Waals surface area (Å²) >= 11 is 0. The van der Waals surface area contributed by atoms with Crippen LogP contribution in [-0.2, 0) is 4.79 Å². The summed E-state index contributed by atoms with van der Waals surface area (Å²) in [5, 5.41) is 9.47. The Morgan fingerprint density at radius 1 is 1.25 bits per heavy atom. The van der Waals surface area contributed by atoms with E-state index in [2.05, 4.69) is 4.90 Å². The zero-order chi connectivity index (χ0) is 11.5. The Morgan fingerprint density at radius 3 is 2.50 bits per heavy atom. The fourth-order valence-electron chi connectivity index (χ4n) is 2.65. The first-order valence-electron chi connectivity index (χ1n) is 6.39. The van der Waals surface area contributed by atoms with Crippen LogP contribution in [0.3, 0.4) is 0 Å². The molecule has 4 nitrogen and oxygen atoms in total. The summed E-state index contributed by atoms with van der Waals surface area (Å²) in [6.07, 6.45) is 4.09. The number of rotatable bonds is 2. The van der Waals surface area contributed by atoms with Crippen LogP contribution in [0.25, 0.3) is 0 Å². The number of likely N-dealkylation sites (tertiary alicyclic amines) is 2. The maximum absolute atomic E-state index is 12.2. The fraction of sp³-hybridized carbons (Fsp3) is 0.917. The third kappa shape index (κ3) is 2.55. The normalized spacial score (nSPS) is 29.4. The Morgan fingerprint density at radius 2 is 1.94 bits per heavy atom. The molecular formula is C12H22N2O2. The van der Waals surface area contributed by atoms with Crippen molar-refractivity contribution in [2.75, 3.05) is 26.2 Å². The van der Waals surface area contributed by atoms with Gasteiger partial charge in [0, 0.05) is 26.2 Å². The summed E-state index contributed by atoms with van der Waals surface area (Å²) in [6, 6.07) is -0.0600. The van der Waals surface area contributed by atoms with E-state index >= 15 is 0 Å². The van der Waals surface area contributed by atoms with E-state index in [1.807, 2.05) is 11.8 Å². The highest BCUT2D eigenvalue weighted by Crippen LogP contribution is 2.16. The first kappa shape index (κ1) is 11.9. The predicted octanol–water partition coefficient (Wildman–Crippen LogP) is 0.454. The highest BCUT2D eigenvalue weighted by molar-refractivity contribution is 5.81. The topological polar surface area (TPSA) is 43.8 Å². The third-order valence-electron chi connectivity index (χ3n) is 3.77. The summed E-state index contributed by atoms with van der Waals surface area (Å²) in [6.45, 7) is 5.30. The quantitative estimate of drug-likeness (QED) is 0.743. The van der Waals surface area contributed by atoms with Crippen molar-refractivity contribution in [2.24, 2.45) is 0 Å². The molecule has 2 fully saturated rings. The van der Waals surface area contributed by atoms with Gasteiger partial charge in [-0.1, -0.05) is 0 Å². The van der Waals surface area contributed by atoms with Crippen molar-refractivity contribution in [3.8, 4) is 0 Å². The Bertz CT molecular complexity index is 251. The van der Waals surface area contributed by atoms with Crippen LogP contribution in [0.1, 0.15) is 32.6 Å². The lowest BCUT2D eigenvalue weighted by Gasteiger charge is -2.32. The lowest BCUT2D eigenvalue weighted by Crippen LogP contribution is -2.48. The number of hydrogen-bond donors (Lipinski definition) is 1. The van der Waals surface area contributed by atoms with E-state index in [9.17, 15) is 9.90 Å². The summed E-state index contributed by atoms with van der Waals surface area (Å²) in [5.74, 6) is 0.244. The molecule has 2 aliphatic rings. The van der Waals surface area contributed by atoms with E-state index in [1.165, 1.54) is 6.42 Å². The van der Waals surface area contributed by atoms with Crippen LogP contribution >= 0.6 is 0 Å². The van der Waals surface area contributed by atoms with Crippen molar-refractivity contribution in [2.45, 2.75) is 44.8 Å². The van der Waals surface area contributed by atoms with Gasteiger partial charge in [0.2, 0.25) is 5.91 Å². The summed E-state index contributed by atoms with van der Waals surface area (Å²) in [7, 11) is 0. The minimum atomic E-state index is -0.239. The van der Waals surface area contributed by atoms with E-state index in [4.69, 9.17) is 0 Å². The van der Waals surface area contributed by atoms with Gasteiger partial charge in [-0.2, -0.15) is 0 Å². The van der Waals surface area contributed by atoms with Gasteiger partial charge in [-0.25, -0.2) is 0 Å². The van der Waals surface area contributed by atoms with Crippen LogP contribution in [0.15, 0.2) is 0 Å². The number of nitrogens with zero attached hydrogens (tertiary/aromatic N) is 2. The smallest absolute Gasteiger partial charge is 0.239 e. The van der Waals surface area contributed by atoms with Gasteiger partial charge in [0.25, 0.3) is 0 Å². The summed E-state index contributed by atoms with van der Waals surface area (Å²) in [4.78, 5) is 16.3. The molecular weight excluding hydrogens is 204 g/mol. The number of carbonyl (C=O) groups excluding carboxylic acids is 1. The minimum absolute atomic E-state index is 0.0600. The van der Waals surface area contributed by atoms with Crippen LogP contribution in [0.4, 0.5) is 0 Å². The Hall–Kier alpha value is -0.610. The molecule has 2 saturated heterocycles. The van der Waals surface area contributed by atoms with Gasteiger partial charge in [-0.3, -0.25) is 9.69 Å². The minimum Gasteiger partial charge on any atom is -0.392 e. The van der Waals surface area contributed by atoms with Crippen molar-refractivity contribution in [3.05, 3.63) is 0 Å². The molecule has 2 heterocycles. The monoisotopic (exact) mass is 226 g/mol. The average Bonchev–Trinajstić information content (AvgIpc) is 2.75. The van der Waals surface area contributed by atoms with E-state index in [1.54, 1.807) is 0 Å². The second-order valence-electron chi connectivity index (χ2n) is 5.00. The van der Waals surface area contributed by atoms with Gasteiger partial charge in [0.1, 0.15) is 0 Å². The Kier molecular flexibility index (Phi) is 3.82. The molecule has 92 valence electrons. The molecule has 0 spiro atoms. The number of piperidine rings is 1. The average molecular weight is 226 g/mol. The number of amides is 1. The third-order valence-corrected chi connectivity index (χ3v) is 3.77. The molecule has 0 aromatic carbocycles. The lowest BCUT2D eigenvalue weighted by molar-refractivity contribution is -0.137. The predicted molar refractivity (Wildman–Crippen MR) is 62.1 cm³/mol. The molecule has 2 atom stereocenters. The number of aliphatic hydroxyl groups is 1. The molecule has 0 saturated carbocycles. The van der Waals surface area contributed by atoms with Gasteiger partial charge in [-0.15, -0.1) is 0 Å². The molecule has 4 heteroatoms. The number of hydrogen-bond acceptors (Lipinski definition) is 3. The van der Waals surface area contributed by atoms with E-state index in [0.717, 1.165) is 38.9 Å². The van der Waals surface area contributed by atoms with Gasteiger partial charge in [0.05, 0.1) is 12.1 Å². The standard InChI is InChI=1S/C12H22N2O2/c1-10(14-8-5-11(15)9-14)12(16)13-6-3-2-4-7-13/h10-11,15H,2-9H2,1H3/t10?,11-/m1/s1. The van der Waals surface area contributed by atoms with Crippen molar-refractivity contribution < 1.29 is 9.90 Å².